The van der Waals surface area contributed by atoms with Crippen molar-refractivity contribution in [1.29, 1.82) is 0 Å². The van der Waals surface area contributed by atoms with Gasteiger partial charge < -0.3 is 10.4 Å². The molecule has 14 heavy (non-hydrogen) atoms. The van der Waals surface area contributed by atoms with Crippen molar-refractivity contribution < 1.29 is 23.1 Å². The van der Waals surface area contributed by atoms with Gasteiger partial charge in [-0.15, -0.1) is 6.58 Å². The maximum Gasteiger partial charge on any atom is 0.490 e. The summed E-state index contributed by atoms with van der Waals surface area (Å²) in [7, 11) is 0. The summed E-state index contributed by atoms with van der Waals surface area (Å²) >= 11 is 0. The van der Waals surface area contributed by atoms with Gasteiger partial charge >= 0.3 is 12.1 Å². The lowest BCUT2D eigenvalue weighted by atomic mass is 10.1. The van der Waals surface area contributed by atoms with Crippen LogP contribution in [0.5, 0.6) is 0 Å². The van der Waals surface area contributed by atoms with Crippen molar-refractivity contribution in [3.63, 3.8) is 0 Å². The Morgan fingerprint density at radius 2 is 2.07 bits per heavy atom. The van der Waals surface area contributed by atoms with Crippen LogP contribution in [0.25, 0.3) is 0 Å². The lowest BCUT2D eigenvalue weighted by Gasteiger charge is -1.93. The predicted molar refractivity (Wildman–Crippen MR) is 44.9 cm³/mol. The number of nitrogens with one attached hydrogen (secondary N) is 1. The zero-order valence-corrected chi connectivity index (χ0v) is 7.47. The minimum atomic E-state index is -5.08. The Morgan fingerprint density at radius 1 is 1.57 bits per heavy atom. The zero-order chi connectivity index (χ0) is 11.2. The fourth-order valence-corrected chi connectivity index (χ4v) is 0.878. The summed E-state index contributed by atoms with van der Waals surface area (Å²) in [6, 6.07) is 0. The third kappa shape index (κ3) is 5.58. The molecule has 1 unspecified atom stereocenters. The lowest BCUT2D eigenvalue weighted by Crippen LogP contribution is -2.21. The van der Waals surface area contributed by atoms with E-state index in [4.69, 9.17) is 9.90 Å². The summed E-state index contributed by atoms with van der Waals surface area (Å²) < 4.78 is 31.7. The van der Waals surface area contributed by atoms with E-state index in [0.717, 1.165) is 12.5 Å². The minimum Gasteiger partial charge on any atom is -0.475 e. The van der Waals surface area contributed by atoms with Gasteiger partial charge in [-0.2, -0.15) is 13.2 Å². The molecule has 1 atom stereocenters. The number of carboxylic acid groups (broad SMARTS) is 1. The molecule has 6 heteroatoms. The van der Waals surface area contributed by atoms with E-state index in [0.29, 0.717) is 0 Å². The van der Waals surface area contributed by atoms with E-state index in [1.165, 1.54) is 13.0 Å². The second-order valence-corrected chi connectivity index (χ2v) is 2.79. The van der Waals surface area contributed by atoms with Crippen LogP contribution in [0.4, 0.5) is 13.2 Å². The maximum absolute atomic E-state index is 10.6. The number of hydrogen-bond donors (Lipinski definition) is 2. The highest BCUT2D eigenvalue weighted by Gasteiger charge is 2.38. The molecule has 0 aromatic rings. The van der Waals surface area contributed by atoms with Gasteiger partial charge in [-0.3, -0.25) is 0 Å². The molecule has 82 valence electrons. The Labute approximate surface area is 79.6 Å². The van der Waals surface area contributed by atoms with Crippen molar-refractivity contribution >= 4 is 5.97 Å². The Bertz CT molecular complexity index is 197. The second-order valence-electron chi connectivity index (χ2n) is 2.79. The second kappa shape index (κ2) is 5.64. The summed E-state index contributed by atoms with van der Waals surface area (Å²) in [5, 5.41) is 10.4. The van der Waals surface area contributed by atoms with Gasteiger partial charge in [0.1, 0.15) is 0 Å². The molecule has 3 nitrogen and oxygen atoms in total. The predicted octanol–water partition coefficient (Wildman–Crippen LogP) is 1.42. The number of alkyl halides is 3. The molecule has 1 fully saturated rings. The van der Waals surface area contributed by atoms with Gasteiger partial charge in [0.05, 0.1) is 0 Å². The van der Waals surface area contributed by atoms with E-state index in [1.807, 2.05) is 6.08 Å². The van der Waals surface area contributed by atoms with Crippen molar-refractivity contribution in [2.75, 3.05) is 13.1 Å². The Balaban J connectivity index is 0.000000241. The summed E-state index contributed by atoms with van der Waals surface area (Å²) in [6.45, 7) is 6.02. The first-order valence-electron chi connectivity index (χ1n) is 4.01. The SMILES string of the molecule is C=CC1CCNC1.O=C(O)C(F)(F)F. The molecule has 1 aliphatic rings. The fraction of sp³-hybridized carbons (Fsp3) is 0.625. The summed E-state index contributed by atoms with van der Waals surface area (Å²) in [5.41, 5.74) is 0. The molecule has 0 aliphatic carbocycles. The van der Waals surface area contributed by atoms with Gasteiger partial charge in [0.25, 0.3) is 0 Å². The van der Waals surface area contributed by atoms with Crippen LogP contribution in [0.15, 0.2) is 12.7 Å². The van der Waals surface area contributed by atoms with E-state index < -0.39 is 12.1 Å². The van der Waals surface area contributed by atoms with Crippen molar-refractivity contribution in [3.8, 4) is 0 Å². The molecular formula is C8H12F3NO2. The van der Waals surface area contributed by atoms with E-state index in [1.54, 1.807) is 0 Å². The molecular weight excluding hydrogens is 199 g/mol. The van der Waals surface area contributed by atoms with Crippen LogP contribution in [0.2, 0.25) is 0 Å². The van der Waals surface area contributed by atoms with Crippen LogP contribution in [0.1, 0.15) is 6.42 Å². The molecule has 1 aliphatic heterocycles. The zero-order valence-electron chi connectivity index (χ0n) is 7.47. The van der Waals surface area contributed by atoms with Gasteiger partial charge in [-0.1, -0.05) is 6.08 Å². The molecule has 2 N–H and O–H groups in total. The summed E-state index contributed by atoms with van der Waals surface area (Å²) in [5.74, 6) is -2.01. The third-order valence-corrected chi connectivity index (χ3v) is 1.67. The van der Waals surface area contributed by atoms with Gasteiger partial charge in [-0.25, -0.2) is 4.79 Å². The molecule has 0 aromatic carbocycles. The van der Waals surface area contributed by atoms with E-state index in [-0.39, 0.29) is 0 Å². The number of rotatable bonds is 1. The highest BCUT2D eigenvalue weighted by atomic mass is 19.4. The normalized spacial score (nSPS) is 20.9. The number of carboxylic acids is 1. The molecule has 0 amide bonds. The van der Waals surface area contributed by atoms with Crippen LogP contribution in [0, 0.1) is 5.92 Å². The topological polar surface area (TPSA) is 49.3 Å². The summed E-state index contributed by atoms with van der Waals surface area (Å²) in [6.07, 6.45) is -1.77. The molecule has 0 spiro atoms. The number of hydrogen-bond acceptors (Lipinski definition) is 2. The van der Waals surface area contributed by atoms with Gasteiger partial charge in [0.15, 0.2) is 0 Å². The van der Waals surface area contributed by atoms with Crippen LogP contribution in [-0.2, 0) is 4.79 Å². The van der Waals surface area contributed by atoms with Gasteiger partial charge in [0, 0.05) is 6.54 Å². The molecule has 0 bridgehead atoms. The lowest BCUT2D eigenvalue weighted by molar-refractivity contribution is -0.192. The summed E-state index contributed by atoms with van der Waals surface area (Å²) in [4.78, 5) is 8.90. The van der Waals surface area contributed by atoms with Crippen molar-refractivity contribution in [2.24, 2.45) is 5.92 Å². The quantitative estimate of drug-likeness (QED) is 0.645. The van der Waals surface area contributed by atoms with Crippen molar-refractivity contribution in [3.05, 3.63) is 12.7 Å². The monoisotopic (exact) mass is 211 g/mol. The Kier molecular flexibility index (Phi) is 5.22. The van der Waals surface area contributed by atoms with E-state index in [2.05, 4.69) is 11.9 Å². The smallest absolute Gasteiger partial charge is 0.475 e. The first-order chi connectivity index (χ1) is 6.38. The van der Waals surface area contributed by atoms with Crippen molar-refractivity contribution in [2.45, 2.75) is 12.6 Å². The minimum absolute atomic E-state index is 0.750. The Hall–Kier alpha value is -1.04. The maximum atomic E-state index is 10.6. The van der Waals surface area contributed by atoms with E-state index >= 15 is 0 Å². The molecule has 0 saturated carbocycles. The molecule has 1 rings (SSSR count). The van der Waals surface area contributed by atoms with Crippen LogP contribution in [-0.4, -0.2) is 30.3 Å². The highest BCUT2D eigenvalue weighted by molar-refractivity contribution is 5.73. The molecule has 1 heterocycles. The van der Waals surface area contributed by atoms with Gasteiger partial charge in [-0.05, 0) is 18.9 Å². The fourth-order valence-electron chi connectivity index (χ4n) is 0.878. The number of carbonyl (C=O) groups is 1. The van der Waals surface area contributed by atoms with Crippen LogP contribution in [0.3, 0.4) is 0 Å². The first-order valence-corrected chi connectivity index (χ1v) is 4.01. The number of aliphatic carboxylic acids is 1. The Morgan fingerprint density at radius 3 is 2.21 bits per heavy atom. The largest absolute Gasteiger partial charge is 0.490 e. The van der Waals surface area contributed by atoms with Gasteiger partial charge in [0.2, 0.25) is 0 Å². The first kappa shape index (κ1) is 13.0. The standard InChI is InChI=1S/C6H11N.C2HF3O2/c1-2-6-3-4-7-5-6;3-2(4,5)1(6)7/h2,6-7H,1,3-5H2;(H,6,7). The third-order valence-electron chi connectivity index (χ3n) is 1.67. The molecule has 0 radical (unpaired) electrons. The van der Waals surface area contributed by atoms with Crippen molar-refractivity contribution in [1.82, 2.24) is 5.32 Å². The molecule has 1 saturated heterocycles. The highest BCUT2D eigenvalue weighted by Crippen LogP contribution is 2.13. The average Bonchev–Trinajstić information content (AvgIpc) is 2.54. The number of halogens is 3. The average molecular weight is 211 g/mol. The van der Waals surface area contributed by atoms with Crippen LogP contribution < -0.4 is 5.32 Å². The van der Waals surface area contributed by atoms with Crippen LogP contribution >= 0.6 is 0 Å². The van der Waals surface area contributed by atoms with E-state index in [9.17, 15) is 13.2 Å². The molecule has 0 aromatic heterocycles.